The van der Waals surface area contributed by atoms with E-state index in [0.29, 0.717) is 47.8 Å². The second-order valence-corrected chi connectivity index (χ2v) is 9.01. The molecular formula is C24H27ClN2O4. The Labute approximate surface area is 187 Å². The zero-order valence-electron chi connectivity index (χ0n) is 17.4. The highest BCUT2D eigenvalue weighted by atomic mass is 35.5. The van der Waals surface area contributed by atoms with Gasteiger partial charge in [0, 0.05) is 23.2 Å². The number of ether oxygens (including phenoxy) is 3. The molecule has 7 heteroatoms. The van der Waals surface area contributed by atoms with Gasteiger partial charge in [0.1, 0.15) is 6.61 Å². The lowest BCUT2D eigenvalue weighted by atomic mass is 9.84. The van der Waals surface area contributed by atoms with Crippen molar-refractivity contribution in [1.82, 2.24) is 10.2 Å². The van der Waals surface area contributed by atoms with Crippen molar-refractivity contribution in [2.75, 3.05) is 32.8 Å². The summed E-state index contributed by atoms with van der Waals surface area (Å²) in [7, 11) is 0. The molecule has 31 heavy (non-hydrogen) atoms. The van der Waals surface area contributed by atoms with Crippen LogP contribution in [0, 0.1) is 5.92 Å². The van der Waals surface area contributed by atoms with Crippen molar-refractivity contribution >= 4 is 17.5 Å². The van der Waals surface area contributed by atoms with Crippen LogP contribution in [0.4, 0.5) is 0 Å². The third-order valence-corrected chi connectivity index (χ3v) is 6.63. The number of rotatable bonds is 6. The van der Waals surface area contributed by atoms with Crippen LogP contribution in [-0.2, 0) is 11.3 Å². The average Bonchev–Trinajstić information content (AvgIpc) is 2.81. The van der Waals surface area contributed by atoms with Crippen LogP contribution < -0.4 is 14.8 Å². The van der Waals surface area contributed by atoms with E-state index in [0.717, 1.165) is 25.2 Å². The Morgan fingerprint density at radius 1 is 1.13 bits per heavy atom. The Morgan fingerprint density at radius 3 is 2.68 bits per heavy atom. The molecule has 2 aromatic carbocycles. The summed E-state index contributed by atoms with van der Waals surface area (Å²) in [5.74, 6) is 1.81. The molecule has 4 heterocycles. The second kappa shape index (κ2) is 9.07. The van der Waals surface area contributed by atoms with E-state index in [4.69, 9.17) is 25.8 Å². The van der Waals surface area contributed by atoms with Gasteiger partial charge in [-0.15, -0.1) is 0 Å². The third-order valence-electron chi connectivity index (χ3n) is 6.38. The van der Waals surface area contributed by atoms with Gasteiger partial charge in [-0.05, 0) is 67.7 Å². The summed E-state index contributed by atoms with van der Waals surface area (Å²) >= 11 is 5.91. The normalized spacial score (nSPS) is 26.5. The van der Waals surface area contributed by atoms with Crippen LogP contribution in [0.25, 0.3) is 0 Å². The summed E-state index contributed by atoms with van der Waals surface area (Å²) in [5, 5.41) is 3.93. The van der Waals surface area contributed by atoms with Crippen molar-refractivity contribution in [3.8, 4) is 11.5 Å². The van der Waals surface area contributed by atoms with Crippen molar-refractivity contribution in [2.45, 2.75) is 31.6 Å². The van der Waals surface area contributed by atoms with E-state index in [2.05, 4.69) is 10.2 Å². The number of carbonyl (C=O) groups excluding carboxylic acids is 1. The van der Waals surface area contributed by atoms with Crippen LogP contribution >= 0.6 is 11.6 Å². The van der Waals surface area contributed by atoms with E-state index in [1.165, 1.54) is 12.8 Å². The van der Waals surface area contributed by atoms with Gasteiger partial charge < -0.3 is 24.4 Å². The van der Waals surface area contributed by atoms with Crippen LogP contribution in [0.15, 0.2) is 42.5 Å². The molecule has 164 valence electrons. The first-order valence-electron chi connectivity index (χ1n) is 10.9. The van der Waals surface area contributed by atoms with E-state index in [1.807, 2.05) is 30.3 Å². The SMILES string of the molecule is O=C(N[C@H]1CN2CCC1CC2)c1ccc2c(c1)OC[C@H](COCc1ccc(Cl)cc1)O2. The molecule has 0 spiro atoms. The fraction of sp³-hybridized carbons (Fsp3) is 0.458. The van der Waals surface area contributed by atoms with Crippen LogP contribution in [0.2, 0.25) is 5.02 Å². The highest BCUT2D eigenvalue weighted by molar-refractivity contribution is 6.30. The van der Waals surface area contributed by atoms with Crippen molar-refractivity contribution in [2.24, 2.45) is 5.92 Å². The third kappa shape index (κ3) is 4.81. The summed E-state index contributed by atoms with van der Waals surface area (Å²) in [6, 6.07) is 13.2. The van der Waals surface area contributed by atoms with Gasteiger partial charge in [-0.1, -0.05) is 23.7 Å². The minimum absolute atomic E-state index is 0.0430. The van der Waals surface area contributed by atoms with Crippen LogP contribution in [0.3, 0.4) is 0 Å². The van der Waals surface area contributed by atoms with Crippen molar-refractivity contribution < 1.29 is 19.0 Å². The van der Waals surface area contributed by atoms with Gasteiger partial charge in [0.15, 0.2) is 17.6 Å². The smallest absolute Gasteiger partial charge is 0.251 e. The molecule has 2 aromatic rings. The molecule has 0 saturated carbocycles. The van der Waals surface area contributed by atoms with Gasteiger partial charge in [0.25, 0.3) is 5.91 Å². The lowest BCUT2D eigenvalue weighted by molar-refractivity contribution is 0.00267. The average molecular weight is 443 g/mol. The van der Waals surface area contributed by atoms with Gasteiger partial charge >= 0.3 is 0 Å². The zero-order chi connectivity index (χ0) is 21.2. The number of carbonyl (C=O) groups is 1. The quantitative estimate of drug-likeness (QED) is 0.741. The zero-order valence-corrected chi connectivity index (χ0v) is 18.1. The fourth-order valence-corrected chi connectivity index (χ4v) is 4.73. The van der Waals surface area contributed by atoms with Crippen LogP contribution in [0.5, 0.6) is 11.5 Å². The van der Waals surface area contributed by atoms with E-state index >= 15 is 0 Å². The topological polar surface area (TPSA) is 60.0 Å². The molecule has 1 amide bonds. The summed E-state index contributed by atoms with van der Waals surface area (Å²) < 4.78 is 17.6. The predicted molar refractivity (Wildman–Crippen MR) is 118 cm³/mol. The van der Waals surface area contributed by atoms with Gasteiger partial charge in [-0.2, -0.15) is 0 Å². The van der Waals surface area contributed by atoms with Crippen LogP contribution in [-0.4, -0.2) is 55.8 Å². The summed E-state index contributed by atoms with van der Waals surface area (Å²) in [4.78, 5) is 15.2. The van der Waals surface area contributed by atoms with Crippen molar-refractivity contribution in [1.29, 1.82) is 0 Å². The van der Waals surface area contributed by atoms with E-state index in [-0.39, 0.29) is 18.1 Å². The number of benzene rings is 2. The van der Waals surface area contributed by atoms with Gasteiger partial charge in [0.2, 0.25) is 0 Å². The molecule has 4 aliphatic rings. The monoisotopic (exact) mass is 442 g/mol. The largest absolute Gasteiger partial charge is 0.486 e. The van der Waals surface area contributed by atoms with Gasteiger partial charge in [0.05, 0.1) is 13.2 Å². The molecule has 3 saturated heterocycles. The number of nitrogens with zero attached hydrogens (tertiary/aromatic N) is 1. The standard InChI is InChI=1S/C24H27ClN2O4/c25-19-4-1-16(2-5-19)13-29-14-20-15-30-23-11-18(3-6-22(23)31-20)24(28)26-21-12-27-9-7-17(21)8-10-27/h1-6,11,17,20-21H,7-10,12-15H2,(H,26,28)/t20-,21-/m0/s1. The number of fused-ring (bicyclic) bond motifs is 4. The number of piperidine rings is 3. The number of hydrogen-bond acceptors (Lipinski definition) is 5. The van der Waals surface area contributed by atoms with Gasteiger partial charge in [-0.3, -0.25) is 4.79 Å². The lowest BCUT2D eigenvalue weighted by Gasteiger charge is -2.44. The maximum Gasteiger partial charge on any atom is 0.251 e. The number of hydrogen-bond donors (Lipinski definition) is 1. The highest BCUT2D eigenvalue weighted by Crippen LogP contribution is 2.33. The molecular weight excluding hydrogens is 416 g/mol. The molecule has 6 rings (SSSR count). The van der Waals surface area contributed by atoms with Crippen molar-refractivity contribution in [3.63, 3.8) is 0 Å². The Hall–Kier alpha value is -2.28. The minimum atomic E-state index is -0.189. The number of nitrogens with one attached hydrogen (secondary N) is 1. The Bertz CT molecular complexity index is 928. The van der Waals surface area contributed by atoms with Gasteiger partial charge in [-0.25, -0.2) is 0 Å². The Balaban J connectivity index is 1.14. The highest BCUT2D eigenvalue weighted by Gasteiger charge is 2.35. The Morgan fingerprint density at radius 2 is 1.94 bits per heavy atom. The number of halogens is 1. The molecule has 6 nitrogen and oxygen atoms in total. The second-order valence-electron chi connectivity index (χ2n) is 8.57. The Kier molecular flexibility index (Phi) is 6.03. The molecule has 0 aromatic heterocycles. The summed E-state index contributed by atoms with van der Waals surface area (Å²) in [6.45, 7) is 4.57. The first-order valence-corrected chi connectivity index (χ1v) is 11.3. The molecule has 0 unspecified atom stereocenters. The molecule has 1 N–H and O–H groups in total. The molecule has 2 bridgehead atoms. The van der Waals surface area contributed by atoms with Crippen LogP contribution in [0.1, 0.15) is 28.8 Å². The predicted octanol–water partition coefficient (Wildman–Crippen LogP) is 3.52. The molecule has 3 fully saturated rings. The fourth-order valence-electron chi connectivity index (χ4n) is 4.61. The molecule has 4 aliphatic heterocycles. The molecule has 0 aliphatic carbocycles. The van der Waals surface area contributed by atoms with Crippen molar-refractivity contribution in [3.05, 3.63) is 58.6 Å². The van der Waals surface area contributed by atoms with E-state index in [1.54, 1.807) is 12.1 Å². The van der Waals surface area contributed by atoms with E-state index < -0.39 is 0 Å². The summed E-state index contributed by atoms with van der Waals surface area (Å²) in [6.07, 6.45) is 2.16. The van der Waals surface area contributed by atoms with E-state index in [9.17, 15) is 4.79 Å². The summed E-state index contributed by atoms with van der Waals surface area (Å²) in [5.41, 5.74) is 1.66. The lowest BCUT2D eigenvalue weighted by Crippen LogP contribution is -2.57. The number of amides is 1. The maximum atomic E-state index is 12.8. The first-order chi connectivity index (χ1) is 15.1. The molecule has 2 atom stereocenters. The molecule has 0 radical (unpaired) electrons. The maximum absolute atomic E-state index is 12.8. The first kappa shape index (κ1) is 20.6. The minimum Gasteiger partial charge on any atom is -0.486 e.